The van der Waals surface area contributed by atoms with E-state index >= 15 is 0 Å². The summed E-state index contributed by atoms with van der Waals surface area (Å²) in [5.41, 5.74) is 4.10. The number of aromatic amines is 1. The third kappa shape index (κ3) is 4.22. The van der Waals surface area contributed by atoms with Crippen LogP contribution in [0.25, 0.3) is 0 Å². The van der Waals surface area contributed by atoms with E-state index in [-0.39, 0.29) is 16.8 Å². The van der Waals surface area contributed by atoms with Gasteiger partial charge in [0, 0.05) is 29.4 Å². The fourth-order valence-electron chi connectivity index (χ4n) is 4.57. The maximum absolute atomic E-state index is 13.3. The van der Waals surface area contributed by atoms with Crippen LogP contribution in [-0.4, -0.2) is 21.5 Å². The van der Waals surface area contributed by atoms with Gasteiger partial charge in [0.05, 0.1) is 5.56 Å². The summed E-state index contributed by atoms with van der Waals surface area (Å²) in [6.07, 6.45) is 2.25. The molecule has 4 rings (SSSR count). The van der Waals surface area contributed by atoms with Crippen LogP contribution in [0.1, 0.15) is 82.4 Å². The van der Waals surface area contributed by atoms with Crippen molar-refractivity contribution in [1.82, 2.24) is 9.97 Å². The molecule has 0 radical (unpaired) electrons. The van der Waals surface area contributed by atoms with Gasteiger partial charge in [-0.05, 0) is 35.3 Å². The minimum absolute atomic E-state index is 0.117. The van der Waals surface area contributed by atoms with Crippen molar-refractivity contribution in [3.63, 3.8) is 0 Å². The second-order valence-electron chi connectivity index (χ2n) is 9.69. The molecule has 2 aliphatic rings. The highest BCUT2D eigenvalue weighted by atomic mass is 32.2. The van der Waals surface area contributed by atoms with E-state index in [1.54, 1.807) is 11.8 Å². The van der Waals surface area contributed by atoms with Crippen molar-refractivity contribution in [3.8, 4) is 0 Å². The molecule has 0 amide bonds. The van der Waals surface area contributed by atoms with Crippen LogP contribution in [-0.2, 0) is 4.79 Å². The lowest BCUT2D eigenvalue weighted by Gasteiger charge is -2.38. The van der Waals surface area contributed by atoms with Crippen LogP contribution in [0.5, 0.6) is 0 Å². The molecule has 1 unspecified atom stereocenters. The lowest BCUT2D eigenvalue weighted by atomic mass is 9.69. The van der Waals surface area contributed by atoms with E-state index in [4.69, 9.17) is 4.98 Å². The molecular formula is C25H31N3O2S. The third-order valence-electron chi connectivity index (χ3n) is 6.08. The summed E-state index contributed by atoms with van der Waals surface area (Å²) in [4.78, 5) is 34.2. The number of benzene rings is 1. The Morgan fingerprint density at radius 2 is 1.87 bits per heavy atom. The Hall–Kier alpha value is -2.34. The van der Waals surface area contributed by atoms with Crippen LogP contribution in [0.4, 0.5) is 5.82 Å². The molecule has 0 fully saturated rings. The fraction of sp³-hybridized carbons (Fsp3) is 0.480. The number of ketones is 1. The lowest BCUT2D eigenvalue weighted by Crippen LogP contribution is -2.37. The predicted octanol–water partition coefficient (Wildman–Crippen LogP) is 5.60. The fourth-order valence-corrected chi connectivity index (χ4v) is 5.29. The van der Waals surface area contributed by atoms with Crippen molar-refractivity contribution >= 4 is 23.4 Å². The summed E-state index contributed by atoms with van der Waals surface area (Å²) in [6, 6.07) is 8.33. The number of fused-ring (bicyclic) bond motifs is 1. The number of aromatic nitrogens is 2. The zero-order valence-electron chi connectivity index (χ0n) is 19.0. The van der Waals surface area contributed by atoms with Crippen LogP contribution >= 0.6 is 11.8 Å². The van der Waals surface area contributed by atoms with E-state index < -0.39 is 5.92 Å². The zero-order valence-corrected chi connectivity index (χ0v) is 19.8. The Balaban J connectivity index is 1.88. The van der Waals surface area contributed by atoms with E-state index in [1.807, 2.05) is 0 Å². The number of hydrogen-bond donors (Lipinski definition) is 2. The highest BCUT2D eigenvalue weighted by molar-refractivity contribution is 7.99. The number of Topliss-reactive ketones (excluding diaryl/α,β-unsaturated/α-hetero) is 1. The third-order valence-corrected chi connectivity index (χ3v) is 7.16. The van der Waals surface area contributed by atoms with Gasteiger partial charge in [0.1, 0.15) is 5.82 Å². The summed E-state index contributed by atoms with van der Waals surface area (Å²) in [5, 5.41) is 4.01. The first kappa shape index (κ1) is 21.9. The molecule has 0 saturated carbocycles. The second-order valence-corrected chi connectivity index (χ2v) is 10.8. The minimum atomic E-state index is -0.391. The summed E-state index contributed by atoms with van der Waals surface area (Å²) in [5.74, 6) is 1.62. The summed E-state index contributed by atoms with van der Waals surface area (Å²) in [6.45, 7) is 10.7. The molecule has 164 valence electrons. The second kappa shape index (κ2) is 8.30. The Kier molecular flexibility index (Phi) is 5.86. The maximum atomic E-state index is 13.3. The molecule has 2 aromatic rings. The molecule has 1 aromatic heterocycles. The summed E-state index contributed by atoms with van der Waals surface area (Å²) in [7, 11) is 0. The lowest BCUT2D eigenvalue weighted by molar-refractivity contribution is -0.118. The minimum Gasteiger partial charge on any atom is -0.343 e. The smallest absolute Gasteiger partial charge is 0.257 e. The maximum Gasteiger partial charge on any atom is 0.257 e. The quantitative estimate of drug-likeness (QED) is 0.471. The molecule has 0 saturated heterocycles. The van der Waals surface area contributed by atoms with E-state index in [9.17, 15) is 9.59 Å². The van der Waals surface area contributed by atoms with Crippen LogP contribution in [0.15, 0.2) is 45.5 Å². The normalized spacial score (nSPS) is 19.8. The highest BCUT2D eigenvalue weighted by Gasteiger charge is 2.42. The van der Waals surface area contributed by atoms with Crippen LogP contribution in [0.3, 0.4) is 0 Å². The largest absolute Gasteiger partial charge is 0.343 e. The van der Waals surface area contributed by atoms with E-state index in [0.717, 1.165) is 35.4 Å². The highest BCUT2D eigenvalue weighted by Crippen LogP contribution is 2.47. The van der Waals surface area contributed by atoms with Crippen molar-refractivity contribution in [1.29, 1.82) is 0 Å². The van der Waals surface area contributed by atoms with Crippen LogP contribution < -0.4 is 10.9 Å². The number of anilines is 1. The molecule has 1 aromatic carbocycles. The molecule has 1 aliphatic carbocycles. The van der Waals surface area contributed by atoms with Gasteiger partial charge in [0.15, 0.2) is 10.9 Å². The van der Waals surface area contributed by atoms with Gasteiger partial charge in [-0.25, -0.2) is 4.98 Å². The first-order chi connectivity index (χ1) is 14.7. The average Bonchev–Trinajstić information content (AvgIpc) is 2.69. The Labute approximate surface area is 188 Å². The molecule has 31 heavy (non-hydrogen) atoms. The number of carbonyl (C=O) groups is 1. The van der Waals surface area contributed by atoms with Gasteiger partial charge in [0.25, 0.3) is 5.56 Å². The van der Waals surface area contributed by atoms with Crippen molar-refractivity contribution in [2.45, 2.75) is 70.9 Å². The average molecular weight is 438 g/mol. The topological polar surface area (TPSA) is 74.8 Å². The molecule has 2 N–H and O–H groups in total. The zero-order chi connectivity index (χ0) is 22.3. The van der Waals surface area contributed by atoms with Gasteiger partial charge in [-0.1, -0.05) is 70.6 Å². The summed E-state index contributed by atoms with van der Waals surface area (Å²) >= 11 is 1.55. The van der Waals surface area contributed by atoms with Crippen molar-refractivity contribution in [3.05, 3.63) is 62.6 Å². The first-order valence-electron chi connectivity index (χ1n) is 11.1. The van der Waals surface area contributed by atoms with Gasteiger partial charge in [0.2, 0.25) is 0 Å². The number of allylic oxidation sites excluding steroid dienone is 2. The Morgan fingerprint density at radius 1 is 1.16 bits per heavy atom. The molecular weight excluding hydrogens is 406 g/mol. The van der Waals surface area contributed by atoms with Crippen molar-refractivity contribution < 1.29 is 4.79 Å². The number of nitrogens with one attached hydrogen (secondary N) is 2. The Bertz CT molecular complexity index is 1100. The molecule has 2 heterocycles. The standard InChI is InChI=1S/C25H31N3O2S/c1-6-11-31-24-27-22-21(23(30)28-24)19(16-9-7-15(8-10-16)14(2)3)20-17(26-22)12-25(4,5)13-18(20)29/h7-10,14,19H,6,11-13H2,1-5H3,(H2,26,27,28,30). The predicted molar refractivity (Wildman–Crippen MR) is 127 cm³/mol. The first-order valence-corrected chi connectivity index (χ1v) is 12.1. The Morgan fingerprint density at radius 3 is 2.52 bits per heavy atom. The number of hydrogen-bond acceptors (Lipinski definition) is 5. The number of H-pyrrole nitrogens is 1. The molecule has 0 bridgehead atoms. The SMILES string of the molecule is CCCSc1nc2c(c(=O)[nH]1)C(c1ccc(C(C)C)cc1)C1=C(CC(C)(C)CC1=O)N2. The molecule has 5 nitrogen and oxygen atoms in total. The summed E-state index contributed by atoms with van der Waals surface area (Å²) < 4.78 is 0. The van der Waals surface area contributed by atoms with E-state index in [0.29, 0.717) is 28.9 Å². The monoisotopic (exact) mass is 437 g/mol. The van der Waals surface area contributed by atoms with Crippen molar-refractivity contribution in [2.75, 3.05) is 11.1 Å². The van der Waals surface area contributed by atoms with Crippen LogP contribution in [0.2, 0.25) is 0 Å². The van der Waals surface area contributed by atoms with E-state index in [1.165, 1.54) is 5.56 Å². The molecule has 6 heteroatoms. The number of nitrogens with zero attached hydrogens (tertiary/aromatic N) is 1. The molecule has 1 atom stereocenters. The number of rotatable bonds is 5. The molecule has 1 aliphatic heterocycles. The van der Waals surface area contributed by atoms with Crippen molar-refractivity contribution in [2.24, 2.45) is 5.41 Å². The van der Waals surface area contributed by atoms with Gasteiger partial charge >= 0.3 is 0 Å². The van der Waals surface area contributed by atoms with Gasteiger partial charge in [-0.3, -0.25) is 9.59 Å². The molecule has 0 spiro atoms. The van der Waals surface area contributed by atoms with Gasteiger partial charge in [-0.2, -0.15) is 0 Å². The number of thioether (sulfide) groups is 1. The van der Waals surface area contributed by atoms with Gasteiger partial charge < -0.3 is 10.3 Å². The van der Waals surface area contributed by atoms with Crippen LogP contribution in [0, 0.1) is 5.41 Å². The van der Waals surface area contributed by atoms with E-state index in [2.05, 4.69) is 69.2 Å². The van der Waals surface area contributed by atoms with Gasteiger partial charge in [-0.15, -0.1) is 0 Å². The number of carbonyl (C=O) groups excluding carboxylic acids is 1.